The van der Waals surface area contributed by atoms with Crippen LogP contribution in [0.3, 0.4) is 0 Å². The van der Waals surface area contributed by atoms with Gasteiger partial charge in [-0.25, -0.2) is 0 Å². The highest BCUT2D eigenvalue weighted by molar-refractivity contribution is 7.99. The maximum Gasteiger partial charge on any atom is 0.0647 e. The summed E-state index contributed by atoms with van der Waals surface area (Å²) >= 11 is 7.56. The molecule has 0 heterocycles. The molecule has 0 atom stereocenters. The molecule has 0 amide bonds. The Morgan fingerprint density at radius 3 is 2.40 bits per heavy atom. The zero-order valence-corrected chi connectivity index (χ0v) is 9.55. The summed E-state index contributed by atoms with van der Waals surface area (Å²) in [7, 11) is 0. The number of nitrogen functional groups attached to an aromatic ring is 1. The molecule has 0 fully saturated rings. The minimum Gasteiger partial charge on any atom is -0.397 e. The summed E-state index contributed by atoms with van der Waals surface area (Å²) < 4.78 is 0. The molecule has 0 bridgehead atoms. The molecule has 76 valence electrons. The highest BCUT2D eigenvalue weighted by Gasteiger charge is 2.03. The maximum atomic E-state index is 5.94. The fourth-order valence-corrected chi connectivity index (χ4v) is 2.37. The second-order valence-corrected chi connectivity index (χ2v) is 4.59. The maximum absolute atomic E-state index is 5.94. The van der Waals surface area contributed by atoms with E-state index in [0.717, 1.165) is 9.79 Å². The Hall–Kier alpha value is -1.12. The summed E-state index contributed by atoms with van der Waals surface area (Å²) in [5.41, 5.74) is 6.52. The van der Waals surface area contributed by atoms with Gasteiger partial charge in [0.25, 0.3) is 0 Å². The van der Waals surface area contributed by atoms with Crippen LogP contribution in [0.1, 0.15) is 0 Å². The van der Waals surface area contributed by atoms with E-state index in [1.807, 2.05) is 42.5 Å². The zero-order valence-electron chi connectivity index (χ0n) is 7.98. The van der Waals surface area contributed by atoms with Crippen LogP contribution in [0.5, 0.6) is 0 Å². The lowest BCUT2D eigenvalue weighted by Gasteiger charge is -2.06. The highest BCUT2D eigenvalue weighted by Crippen LogP contribution is 2.35. The van der Waals surface area contributed by atoms with Crippen molar-refractivity contribution < 1.29 is 0 Å². The van der Waals surface area contributed by atoms with E-state index in [-0.39, 0.29) is 0 Å². The summed E-state index contributed by atoms with van der Waals surface area (Å²) in [4.78, 5) is 2.15. The van der Waals surface area contributed by atoms with E-state index >= 15 is 0 Å². The third-order valence-corrected chi connectivity index (χ3v) is 3.40. The lowest BCUT2D eigenvalue weighted by atomic mass is 10.3. The van der Waals surface area contributed by atoms with Crippen LogP contribution >= 0.6 is 23.4 Å². The second kappa shape index (κ2) is 4.60. The first kappa shape index (κ1) is 10.4. The number of anilines is 1. The monoisotopic (exact) mass is 235 g/mol. The Balaban J connectivity index is 2.29. The van der Waals surface area contributed by atoms with E-state index in [9.17, 15) is 0 Å². The van der Waals surface area contributed by atoms with Crippen LogP contribution in [0, 0.1) is 0 Å². The molecule has 0 saturated carbocycles. The van der Waals surface area contributed by atoms with E-state index < -0.39 is 0 Å². The Kier molecular flexibility index (Phi) is 3.19. The van der Waals surface area contributed by atoms with E-state index in [2.05, 4.69) is 0 Å². The van der Waals surface area contributed by atoms with Gasteiger partial charge in [-0.2, -0.15) is 0 Å². The largest absolute Gasteiger partial charge is 0.397 e. The topological polar surface area (TPSA) is 26.0 Å². The number of rotatable bonds is 2. The molecule has 0 spiro atoms. The van der Waals surface area contributed by atoms with E-state index in [4.69, 9.17) is 17.3 Å². The smallest absolute Gasteiger partial charge is 0.0647 e. The van der Waals surface area contributed by atoms with Crippen LogP contribution < -0.4 is 5.73 Å². The van der Waals surface area contributed by atoms with Gasteiger partial charge in [0.1, 0.15) is 0 Å². The minimum absolute atomic E-state index is 0.607. The van der Waals surface area contributed by atoms with Crippen molar-refractivity contribution in [2.24, 2.45) is 0 Å². The number of hydrogen-bond acceptors (Lipinski definition) is 2. The van der Waals surface area contributed by atoms with Gasteiger partial charge in [0.05, 0.1) is 10.7 Å². The van der Waals surface area contributed by atoms with Crippen molar-refractivity contribution in [3.63, 3.8) is 0 Å². The fourth-order valence-electron chi connectivity index (χ4n) is 1.22. The van der Waals surface area contributed by atoms with Gasteiger partial charge < -0.3 is 5.73 Å². The van der Waals surface area contributed by atoms with Crippen LogP contribution in [-0.2, 0) is 0 Å². The zero-order chi connectivity index (χ0) is 10.7. The molecular formula is C12H10ClNS. The third kappa shape index (κ3) is 2.46. The molecule has 0 aliphatic carbocycles. The molecule has 0 aliphatic rings. The van der Waals surface area contributed by atoms with Gasteiger partial charge in [0, 0.05) is 9.79 Å². The summed E-state index contributed by atoms with van der Waals surface area (Å²) in [6, 6.07) is 15.8. The van der Waals surface area contributed by atoms with Crippen molar-refractivity contribution in [3.05, 3.63) is 53.6 Å². The standard InChI is InChI=1S/C12H10ClNS/c13-10-7-4-8-11(12(10)14)15-9-5-2-1-3-6-9/h1-8H,14H2. The number of para-hydroxylation sites is 1. The molecule has 0 radical (unpaired) electrons. The van der Waals surface area contributed by atoms with Crippen LogP contribution in [0.25, 0.3) is 0 Å². The number of halogens is 1. The molecule has 0 aliphatic heterocycles. The highest BCUT2D eigenvalue weighted by atomic mass is 35.5. The summed E-state index contributed by atoms with van der Waals surface area (Å²) in [5.74, 6) is 0. The quantitative estimate of drug-likeness (QED) is 0.794. The lowest BCUT2D eigenvalue weighted by Crippen LogP contribution is -1.88. The molecule has 2 N–H and O–H groups in total. The fraction of sp³-hybridized carbons (Fsp3) is 0. The SMILES string of the molecule is Nc1c(Cl)cccc1Sc1ccccc1. The molecule has 2 aromatic carbocycles. The average molecular weight is 236 g/mol. The molecule has 0 aromatic heterocycles. The lowest BCUT2D eigenvalue weighted by molar-refractivity contribution is 1.41. The van der Waals surface area contributed by atoms with Crippen LogP contribution in [0.2, 0.25) is 5.02 Å². The molecular weight excluding hydrogens is 226 g/mol. The van der Waals surface area contributed by atoms with Crippen LogP contribution in [0.15, 0.2) is 58.3 Å². The summed E-state index contributed by atoms with van der Waals surface area (Å²) in [5, 5.41) is 0.607. The van der Waals surface area contributed by atoms with Crippen LogP contribution in [-0.4, -0.2) is 0 Å². The Bertz CT molecular complexity index is 456. The van der Waals surface area contributed by atoms with E-state index in [1.165, 1.54) is 0 Å². The van der Waals surface area contributed by atoms with Gasteiger partial charge in [0.2, 0.25) is 0 Å². The predicted octanol–water partition coefficient (Wildman–Crippen LogP) is 4.07. The molecule has 1 nitrogen and oxygen atoms in total. The average Bonchev–Trinajstić information content (AvgIpc) is 2.26. The number of hydrogen-bond donors (Lipinski definition) is 1. The Labute approximate surface area is 98.3 Å². The van der Waals surface area contributed by atoms with Gasteiger partial charge in [-0.15, -0.1) is 0 Å². The van der Waals surface area contributed by atoms with Gasteiger partial charge in [-0.1, -0.05) is 47.6 Å². The number of benzene rings is 2. The normalized spacial score (nSPS) is 10.2. The van der Waals surface area contributed by atoms with E-state index in [1.54, 1.807) is 17.8 Å². The first-order valence-electron chi connectivity index (χ1n) is 4.54. The molecule has 0 saturated heterocycles. The van der Waals surface area contributed by atoms with Gasteiger partial charge >= 0.3 is 0 Å². The van der Waals surface area contributed by atoms with Crippen molar-refractivity contribution in [3.8, 4) is 0 Å². The minimum atomic E-state index is 0.607. The van der Waals surface area contributed by atoms with Crippen LogP contribution in [0.4, 0.5) is 5.69 Å². The predicted molar refractivity (Wildman–Crippen MR) is 66.4 cm³/mol. The second-order valence-electron chi connectivity index (χ2n) is 3.07. The summed E-state index contributed by atoms with van der Waals surface area (Å²) in [6.07, 6.45) is 0. The van der Waals surface area contributed by atoms with Crippen molar-refractivity contribution in [2.75, 3.05) is 5.73 Å². The Morgan fingerprint density at radius 1 is 0.933 bits per heavy atom. The van der Waals surface area contributed by atoms with Gasteiger partial charge in [-0.05, 0) is 24.3 Å². The molecule has 3 heteroatoms. The van der Waals surface area contributed by atoms with Crippen molar-refractivity contribution >= 4 is 29.1 Å². The van der Waals surface area contributed by atoms with Crippen molar-refractivity contribution in [1.82, 2.24) is 0 Å². The van der Waals surface area contributed by atoms with Crippen molar-refractivity contribution in [1.29, 1.82) is 0 Å². The van der Waals surface area contributed by atoms with Gasteiger partial charge in [-0.3, -0.25) is 0 Å². The third-order valence-electron chi connectivity index (χ3n) is 1.98. The molecule has 15 heavy (non-hydrogen) atoms. The first-order valence-corrected chi connectivity index (χ1v) is 5.74. The molecule has 2 aromatic rings. The van der Waals surface area contributed by atoms with E-state index in [0.29, 0.717) is 10.7 Å². The summed E-state index contributed by atoms with van der Waals surface area (Å²) in [6.45, 7) is 0. The number of nitrogens with two attached hydrogens (primary N) is 1. The molecule has 2 rings (SSSR count). The first-order chi connectivity index (χ1) is 7.27. The molecule has 0 unspecified atom stereocenters. The van der Waals surface area contributed by atoms with Gasteiger partial charge in [0.15, 0.2) is 0 Å². The van der Waals surface area contributed by atoms with Crippen molar-refractivity contribution in [2.45, 2.75) is 9.79 Å². The Morgan fingerprint density at radius 2 is 1.67 bits per heavy atom.